The Morgan fingerprint density at radius 1 is 1.50 bits per heavy atom. The van der Waals surface area contributed by atoms with Crippen LogP contribution in [0.2, 0.25) is 0 Å². The predicted octanol–water partition coefficient (Wildman–Crippen LogP) is 1.91. The lowest BCUT2D eigenvalue weighted by Gasteiger charge is -2.13. The smallest absolute Gasteiger partial charge is 0.313 e. The van der Waals surface area contributed by atoms with Gasteiger partial charge in [-0.05, 0) is 12.0 Å². The van der Waals surface area contributed by atoms with Gasteiger partial charge >= 0.3 is 5.97 Å². The van der Waals surface area contributed by atoms with Crippen LogP contribution < -0.4 is 4.74 Å². The van der Waals surface area contributed by atoms with Gasteiger partial charge in [-0.3, -0.25) is 14.9 Å². The summed E-state index contributed by atoms with van der Waals surface area (Å²) < 4.78 is 4.92. The van der Waals surface area contributed by atoms with Crippen molar-refractivity contribution in [3.05, 3.63) is 34.4 Å². The van der Waals surface area contributed by atoms with Crippen molar-refractivity contribution in [2.75, 3.05) is 0 Å². The zero-order chi connectivity index (χ0) is 13.7. The summed E-state index contributed by atoms with van der Waals surface area (Å²) in [6, 6.07) is 5.35. The van der Waals surface area contributed by atoms with E-state index in [-0.39, 0.29) is 23.8 Å². The Morgan fingerprint density at radius 2 is 2.17 bits per heavy atom. The monoisotopic (exact) mass is 253 g/mol. The van der Waals surface area contributed by atoms with Gasteiger partial charge in [0.25, 0.3) is 5.69 Å². The highest BCUT2D eigenvalue weighted by molar-refractivity contribution is 5.73. The molecule has 0 bridgehead atoms. The summed E-state index contributed by atoms with van der Waals surface area (Å²) in [7, 11) is 0. The number of nitro benzene ring substituents is 1. The molecule has 1 rings (SSSR count). The number of ether oxygens (including phenoxy) is 1. The zero-order valence-corrected chi connectivity index (χ0v) is 10.2. The van der Waals surface area contributed by atoms with Crippen LogP contribution in [0, 0.1) is 16.0 Å². The normalized spacial score (nSPS) is 12.2. The molecular weight excluding hydrogens is 238 g/mol. The second-order valence-corrected chi connectivity index (χ2v) is 4.24. The van der Waals surface area contributed by atoms with Crippen LogP contribution in [0.3, 0.4) is 0 Å². The number of carbonyl (C=O) groups excluding carboxylic acids is 1. The summed E-state index contributed by atoms with van der Waals surface area (Å²) >= 11 is 0. The first kappa shape index (κ1) is 14.1. The number of hydrogen-bond acceptors (Lipinski definition) is 5. The standard InChI is InChI=1S/C12H15NO5/c1-8(2)11(14)7-12(15)18-10-5-3-4-9(6-10)13(16)17/h3-6,8,11,14H,7H2,1-2H3/t11-/m0/s1. The summed E-state index contributed by atoms with van der Waals surface area (Å²) in [5, 5.41) is 20.0. The molecule has 0 spiro atoms. The number of non-ortho nitro benzene ring substituents is 1. The van der Waals surface area contributed by atoms with Crippen LogP contribution in [-0.4, -0.2) is 22.1 Å². The maximum absolute atomic E-state index is 11.5. The van der Waals surface area contributed by atoms with E-state index >= 15 is 0 Å². The minimum atomic E-state index is -0.781. The van der Waals surface area contributed by atoms with Gasteiger partial charge < -0.3 is 9.84 Å². The van der Waals surface area contributed by atoms with Crippen molar-refractivity contribution in [2.45, 2.75) is 26.4 Å². The molecule has 0 saturated heterocycles. The molecular formula is C12H15NO5. The molecule has 1 aromatic rings. The Bertz CT molecular complexity index is 444. The summed E-state index contributed by atoms with van der Waals surface area (Å²) in [5.74, 6) is -0.565. The Hall–Kier alpha value is -1.95. The molecule has 0 aliphatic heterocycles. The van der Waals surface area contributed by atoms with Gasteiger partial charge in [-0.1, -0.05) is 19.9 Å². The molecule has 0 amide bonds. The number of hydrogen-bond donors (Lipinski definition) is 1. The zero-order valence-electron chi connectivity index (χ0n) is 10.2. The van der Waals surface area contributed by atoms with Gasteiger partial charge in [0.2, 0.25) is 0 Å². The van der Waals surface area contributed by atoms with Crippen LogP contribution in [0.1, 0.15) is 20.3 Å². The Labute approximate surface area is 104 Å². The first-order chi connectivity index (χ1) is 8.40. The number of nitrogens with zero attached hydrogens (tertiary/aromatic N) is 1. The van der Waals surface area contributed by atoms with Gasteiger partial charge in [-0.15, -0.1) is 0 Å². The number of esters is 1. The Morgan fingerprint density at radius 3 is 2.72 bits per heavy atom. The third-order valence-electron chi connectivity index (χ3n) is 2.41. The highest BCUT2D eigenvalue weighted by atomic mass is 16.6. The van der Waals surface area contributed by atoms with Crippen LogP contribution in [0.5, 0.6) is 5.75 Å². The fraction of sp³-hybridized carbons (Fsp3) is 0.417. The van der Waals surface area contributed by atoms with E-state index in [1.54, 1.807) is 13.8 Å². The number of rotatable bonds is 5. The van der Waals surface area contributed by atoms with Crippen molar-refractivity contribution in [2.24, 2.45) is 5.92 Å². The molecule has 0 aromatic heterocycles. The minimum Gasteiger partial charge on any atom is -0.426 e. The molecule has 0 aliphatic rings. The van der Waals surface area contributed by atoms with E-state index in [1.165, 1.54) is 24.3 Å². The number of aliphatic hydroxyl groups is 1. The highest BCUT2D eigenvalue weighted by Crippen LogP contribution is 2.20. The lowest BCUT2D eigenvalue weighted by molar-refractivity contribution is -0.384. The molecule has 0 fully saturated rings. The maximum Gasteiger partial charge on any atom is 0.313 e. The molecule has 0 radical (unpaired) electrons. The van der Waals surface area contributed by atoms with Crippen molar-refractivity contribution >= 4 is 11.7 Å². The first-order valence-corrected chi connectivity index (χ1v) is 5.53. The average Bonchev–Trinajstić information content (AvgIpc) is 2.28. The van der Waals surface area contributed by atoms with Gasteiger partial charge in [-0.2, -0.15) is 0 Å². The molecule has 0 unspecified atom stereocenters. The third-order valence-corrected chi connectivity index (χ3v) is 2.41. The Balaban J connectivity index is 2.65. The van der Waals surface area contributed by atoms with Crippen molar-refractivity contribution in [3.63, 3.8) is 0 Å². The number of aliphatic hydroxyl groups excluding tert-OH is 1. The largest absolute Gasteiger partial charge is 0.426 e. The van der Waals surface area contributed by atoms with Crippen LogP contribution in [-0.2, 0) is 4.79 Å². The topological polar surface area (TPSA) is 89.7 Å². The summed E-state index contributed by atoms with van der Waals surface area (Å²) in [5.41, 5.74) is -0.148. The number of carbonyl (C=O) groups is 1. The van der Waals surface area contributed by atoms with Crippen LogP contribution in [0.25, 0.3) is 0 Å². The first-order valence-electron chi connectivity index (χ1n) is 5.53. The van der Waals surface area contributed by atoms with Crippen LogP contribution in [0.15, 0.2) is 24.3 Å². The molecule has 0 saturated carbocycles. The molecule has 0 heterocycles. The van der Waals surface area contributed by atoms with Gasteiger partial charge in [0.1, 0.15) is 5.75 Å². The lowest BCUT2D eigenvalue weighted by Crippen LogP contribution is -2.22. The van der Waals surface area contributed by atoms with E-state index in [4.69, 9.17) is 4.74 Å². The van der Waals surface area contributed by atoms with Crippen molar-refractivity contribution in [1.29, 1.82) is 0 Å². The molecule has 1 aromatic carbocycles. The molecule has 0 aliphatic carbocycles. The summed E-state index contributed by atoms with van der Waals surface area (Å²) in [6.45, 7) is 3.57. The molecule has 1 N–H and O–H groups in total. The van der Waals surface area contributed by atoms with Gasteiger partial charge in [0.15, 0.2) is 0 Å². The third kappa shape index (κ3) is 4.14. The Kier molecular flexibility index (Phi) is 4.79. The SMILES string of the molecule is CC(C)[C@@H](O)CC(=O)Oc1cccc([N+](=O)[O-])c1. The second kappa shape index (κ2) is 6.11. The predicted molar refractivity (Wildman–Crippen MR) is 64.2 cm³/mol. The van der Waals surface area contributed by atoms with Crippen molar-refractivity contribution in [1.82, 2.24) is 0 Å². The van der Waals surface area contributed by atoms with Crippen LogP contribution in [0.4, 0.5) is 5.69 Å². The fourth-order valence-corrected chi connectivity index (χ4v) is 1.24. The van der Waals surface area contributed by atoms with E-state index in [0.29, 0.717) is 0 Å². The molecule has 6 nitrogen and oxygen atoms in total. The number of nitro groups is 1. The lowest BCUT2D eigenvalue weighted by atomic mass is 10.1. The summed E-state index contributed by atoms with van der Waals surface area (Å²) in [6.07, 6.45) is -0.920. The van der Waals surface area contributed by atoms with E-state index in [0.717, 1.165) is 0 Å². The summed E-state index contributed by atoms with van der Waals surface area (Å²) in [4.78, 5) is 21.4. The van der Waals surface area contributed by atoms with Crippen molar-refractivity contribution in [3.8, 4) is 5.75 Å². The van der Waals surface area contributed by atoms with Gasteiger partial charge in [0.05, 0.1) is 23.5 Å². The second-order valence-electron chi connectivity index (χ2n) is 4.24. The van der Waals surface area contributed by atoms with Gasteiger partial charge in [0, 0.05) is 6.07 Å². The van der Waals surface area contributed by atoms with Gasteiger partial charge in [-0.25, -0.2) is 0 Å². The van der Waals surface area contributed by atoms with E-state index in [1.807, 2.05) is 0 Å². The van der Waals surface area contributed by atoms with Crippen molar-refractivity contribution < 1.29 is 19.6 Å². The van der Waals surface area contributed by atoms with E-state index in [9.17, 15) is 20.0 Å². The fourth-order valence-electron chi connectivity index (χ4n) is 1.24. The molecule has 18 heavy (non-hydrogen) atoms. The van der Waals surface area contributed by atoms with Crippen LogP contribution >= 0.6 is 0 Å². The highest BCUT2D eigenvalue weighted by Gasteiger charge is 2.16. The average molecular weight is 253 g/mol. The maximum atomic E-state index is 11.5. The molecule has 98 valence electrons. The van der Waals surface area contributed by atoms with E-state index < -0.39 is 17.0 Å². The minimum absolute atomic E-state index is 0.0531. The quantitative estimate of drug-likeness (QED) is 0.374. The van der Waals surface area contributed by atoms with E-state index in [2.05, 4.69) is 0 Å². The molecule has 1 atom stereocenters. The number of benzene rings is 1. The molecule has 6 heteroatoms.